The average Bonchev–Trinajstić information content (AvgIpc) is 3.19. The predicted molar refractivity (Wildman–Crippen MR) is 106 cm³/mol. The number of hydrogen-bond acceptors (Lipinski definition) is 5. The van der Waals surface area contributed by atoms with E-state index in [9.17, 15) is 4.79 Å². The van der Waals surface area contributed by atoms with Crippen LogP contribution in [0.3, 0.4) is 0 Å². The minimum atomic E-state index is -0.989. The van der Waals surface area contributed by atoms with E-state index in [1.807, 2.05) is 37.3 Å². The molecule has 0 aliphatic heterocycles. The van der Waals surface area contributed by atoms with Crippen LogP contribution in [0.25, 0.3) is 22.9 Å². The van der Waals surface area contributed by atoms with Crippen molar-refractivity contribution in [2.24, 2.45) is 0 Å². The number of ether oxygens (including phenoxy) is 1. The largest absolute Gasteiger partial charge is 0.478 e. The van der Waals surface area contributed by atoms with Crippen LogP contribution in [0.1, 0.15) is 17.3 Å². The molecule has 1 N–H and O–H groups in total. The molecular weight excluding hydrogens is 356 g/mol. The highest BCUT2D eigenvalue weighted by molar-refractivity contribution is 5.88. The number of benzene rings is 2. The zero-order valence-corrected chi connectivity index (χ0v) is 15.2. The molecule has 0 amide bonds. The molecule has 0 aliphatic rings. The minimum absolute atomic E-state index is 0.192. The summed E-state index contributed by atoms with van der Waals surface area (Å²) < 4.78 is 11.6. The molecule has 0 atom stereocenters. The van der Waals surface area contributed by atoms with E-state index in [2.05, 4.69) is 16.8 Å². The number of aromatic nitrogens is 2. The number of nitrogens with zero attached hydrogens (tertiary/aromatic N) is 2. The van der Waals surface area contributed by atoms with Crippen LogP contribution >= 0.6 is 0 Å². The van der Waals surface area contributed by atoms with Crippen LogP contribution in [0.5, 0.6) is 5.75 Å². The van der Waals surface area contributed by atoms with Crippen molar-refractivity contribution < 1.29 is 19.1 Å². The molecule has 0 fully saturated rings. The van der Waals surface area contributed by atoms with Crippen molar-refractivity contribution in [1.29, 1.82) is 0 Å². The van der Waals surface area contributed by atoms with Gasteiger partial charge in [-0.3, -0.25) is 0 Å². The maximum absolute atomic E-state index is 11.0. The van der Waals surface area contributed by atoms with Crippen LogP contribution in [-0.2, 0) is 0 Å². The summed E-state index contributed by atoms with van der Waals surface area (Å²) in [7, 11) is 0. The molecule has 6 heteroatoms. The first-order chi connectivity index (χ1) is 13.6. The van der Waals surface area contributed by atoms with Gasteiger partial charge in [0.2, 0.25) is 11.8 Å². The van der Waals surface area contributed by atoms with Crippen LogP contribution in [-0.4, -0.2) is 21.3 Å². The van der Waals surface area contributed by atoms with Gasteiger partial charge >= 0.3 is 5.97 Å². The molecule has 1 heterocycles. The maximum Gasteiger partial charge on any atom is 0.335 e. The fourth-order valence-electron chi connectivity index (χ4n) is 2.44. The lowest BCUT2D eigenvalue weighted by atomic mass is 10.1. The third kappa shape index (κ3) is 4.42. The van der Waals surface area contributed by atoms with E-state index in [1.54, 1.807) is 30.4 Å². The Morgan fingerprint density at radius 1 is 1.11 bits per heavy atom. The molecule has 0 saturated carbocycles. The van der Waals surface area contributed by atoms with E-state index in [4.69, 9.17) is 14.3 Å². The summed E-state index contributed by atoms with van der Waals surface area (Å²) in [4.78, 5) is 11.0. The lowest BCUT2D eigenvalue weighted by Gasteiger charge is -2.06. The summed E-state index contributed by atoms with van der Waals surface area (Å²) in [5.74, 6) is 0.925. The van der Waals surface area contributed by atoms with Crippen molar-refractivity contribution in [2.75, 3.05) is 0 Å². The van der Waals surface area contributed by atoms with Gasteiger partial charge in [-0.15, -0.1) is 10.2 Å². The number of hydrogen-bond donors (Lipinski definition) is 1. The molecule has 1 aromatic heterocycles. The summed E-state index contributed by atoms with van der Waals surface area (Å²) in [6, 6.07) is 13.5. The van der Waals surface area contributed by atoms with Gasteiger partial charge in [-0.05, 0) is 61.5 Å². The molecule has 0 saturated heterocycles. The number of rotatable bonds is 7. The third-order valence-electron chi connectivity index (χ3n) is 3.73. The van der Waals surface area contributed by atoms with E-state index in [1.165, 1.54) is 12.1 Å². The Hall–Kier alpha value is -3.93. The van der Waals surface area contributed by atoms with Crippen molar-refractivity contribution in [1.82, 2.24) is 10.2 Å². The first-order valence-corrected chi connectivity index (χ1v) is 8.51. The number of carboxylic acids is 1. The molecule has 2 aromatic carbocycles. The molecule has 0 spiro atoms. The summed E-state index contributed by atoms with van der Waals surface area (Å²) in [6.45, 7) is 5.58. The van der Waals surface area contributed by atoms with Gasteiger partial charge in [-0.2, -0.15) is 0 Å². The number of allylic oxidation sites excluding steroid dienone is 4. The number of carboxylic acid groups (broad SMARTS) is 1. The molecule has 0 radical (unpaired) electrons. The zero-order chi connectivity index (χ0) is 19.9. The lowest BCUT2D eigenvalue weighted by Crippen LogP contribution is -1.94. The van der Waals surface area contributed by atoms with Gasteiger partial charge in [0.15, 0.2) is 0 Å². The van der Waals surface area contributed by atoms with E-state index in [0.717, 1.165) is 0 Å². The topological polar surface area (TPSA) is 85.5 Å². The molecule has 6 nitrogen and oxygen atoms in total. The first-order valence-electron chi connectivity index (χ1n) is 8.51. The molecule has 3 aromatic rings. The van der Waals surface area contributed by atoms with E-state index >= 15 is 0 Å². The van der Waals surface area contributed by atoms with Gasteiger partial charge in [0.05, 0.1) is 5.56 Å². The molecule has 3 rings (SSSR count). The second-order valence-corrected chi connectivity index (χ2v) is 5.73. The lowest BCUT2D eigenvalue weighted by molar-refractivity contribution is 0.0697. The summed E-state index contributed by atoms with van der Waals surface area (Å²) >= 11 is 0. The van der Waals surface area contributed by atoms with Crippen LogP contribution in [0.2, 0.25) is 0 Å². The monoisotopic (exact) mass is 374 g/mol. The van der Waals surface area contributed by atoms with E-state index in [0.29, 0.717) is 34.4 Å². The molecule has 28 heavy (non-hydrogen) atoms. The Morgan fingerprint density at radius 3 is 2.46 bits per heavy atom. The fourth-order valence-corrected chi connectivity index (χ4v) is 2.44. The number of carbonyl (C=O) groups is 1. The highest BCUT2D eigenvalue weighted by Crippen LogP contribution is 2.27. The maximum atomic E-state index is 11.0. The van der Waals surface area contributed by atoms with Crippen molar-refractivity contribution >= 4 is 5.97 Å². The van der Waals surface area contributed by atoms with Crippen LogP contribution in [0.4, 0.5) is 0 Å². The highest BCUT2D eigenvalue weighted by Gasteiger charge is 2.12. The van der Waals surface area contributed by atoms with Gasteiger partial charge in [-0.25, -0.2) is 4.79 Å². The SMILES string of the molecule is C=C/C=C(\C=C/C)Oc1cccc(-c2nnc(-c3ccc(C(=O)O)cc3)o2)c1. The Balaban J connectivity index is 1.84. The quantitative estimate of drug-likeness (QED) is 0.456. The fraction of sp³-hybridized carbons (Fsp3) is 0.0455. The van der Waals surface area contributed by atoms with Gasteiger partial charge in [0.1, 0.15) is 11.5 Å². The van der Waals surface area contributed by atoms with Gasteiger partial charge in [0, 0.05) is 11.1 Å². The second kappa shape index (κ2) is 8.64. The molecule has 0 aliphatic carbocycles. The first kappa shape index (κ1) is 18.8. The Bertz CT molecular complexity index is 1050. The molecule has 140 valence electrons. The van der Waals surface area contributed by atoms with Crippen molar-refractivity contribution in [3.05, 3.63) is 90.7 Å². The Morgan fingerprint density at radius 2 is 1.82 bits per heavy atom. The second-order valence-electron chi connectivity index (χ2n) is 5.73. The standard InChI is InChI=1S/C22H18N2O4/c1-3-6-18(7-4-2)27-19-9-5-8-17(14-19)21-24-23-20(28-21)15-10-12-16(13-11-15)22(25)26/h3-14H,1H2,2H3,(H,25,26)/b7-4-,18-6+. The van der Waals surface area contributed by atoms with Crippen molar-refractivity contribution in [3.8, 4) is 28.7 Å². The van der Waals surface area contributed by atoms with Gasteiger partial charge < -0.3 is 14.3 Å². The van der Waals surface area contributed by atoms with Gasteiger partial charge in [0.25, 0.3) is 0 Å². The molecule has 0 bridgehead atoms. The van der Waals surface area contributed by atoms with Gasteiger partial charge in [-0.1, -0.05) is 24.8 Å². The average molecular weight is 374 g/mol. The highest BCUT2D eigenvalue weighted by atomic mass is 16.5. The van der Waals surface area contributed by atoms with Crippen molar-refractivity contribution in [3.63, 3.8) is 0 Å². The Kier molecular flexibility index (Phi) is 5.81. The predicted octanol–water partition coefficient (Wildman–Crippen LogP) is 5.13. The van der Waals surface area contributed by atoms with E-state index < -0.39 is 5.97 Å². The minimum Gasteiger partial charge on any atom is -0.478 e. The summed E-state index contributed by atoms with van der Waals surface area (Å²) in [5.41, 5.74) is 1.54. The van der Waals surface area contributed by atoms with Crippen LogP contribution in [0.15, 0.2) is 89.6 Å². The zero-order valence-electron chi connectivity index (χ0n) is 15.2. The number of aromatic carboxylic acids is 1. The summed E-state index contributed by atoms with van der Waals surface area (Å²) in [6.07, 6.45) is 7.12. The third-order valence-corrected chi connectivity index (χ3v) is 3.73. The summed E-state index contributed by atoms with van der Waals surface area (Å²) in [5, 5.41) is 17.1. The van der Waals surface area contributed by atoms with Crippen LogP contribution < -0.4 is 4.74 Å². The molecular formula is C22H18N2O4. The Labute approximate surface area is 162 Å². The van der Waals surface area contributed by atoms with Crippen LogP contribution in [0, 0.1) is 0 Å². The van der Waals surface area contributed by atoms with E-state index in [-0.39, 0.29) is 5.56 Å². The molecule has 0 unspecified atom stereocenters. The van der Waals surface area contributed by atoms with Crippen molar-refractivity contribution in [2.45, 2.75) is 6.92 Å². The normalized spacial score (nSPS) is 11.5. The smallest absolute Gasteiger partial charge is 0.335 e.